The molecule has 1 aliphatic rings. The second kappa shape index (κ2) is 5.52. The molecule has 2 unspecified atom stereocenters. The van der Waals surface area contributed by atoms with Crippen molar-refractivity contribution in [2.45, 2.75) is 18.5 Å². The van der Waals surface area contributed by atoms with E-state index in [1.54, 1.807) is 6.26 Å². The molecular weight excluding hydrogens is 282 g/mol. The van der Waals surface area contributed by atoms with Crippen LogP contribution < -0.4 is 5.73 Å². The Morgan fingerprint density at radius 2 is 2.29 bits per heavy atom. The van der Waals surface area contributed by atoms with Crippen molar-refractivity contribution < 1.29 is 4.42 Å². The summed E-state index contributed by atoms with van der Waals surface area (Å²) in [5, 5.41) is 0. The van der Waals surface area contributed by atoms with Crippen molar-refractivity contribution in [3.05, 3.63) is 22.6 Å². The predicted molar refractivity (Wildman–Crippen MR) is 71.9 cm³/mol. The fourth-order valence-corrected chi connectivity index (χ4v) is 2.82. The number of piperazine rings is 1. The first-order chi connectivity index (χ1) is 8.08. The standard InChI is InChI=1S/C12H20BrN3O/c1-15-4-5-16(2)9(8-15)7-11(14)12-10(13)3-6-17-12/h3,6,9,11H,4-5,7-8,14H2,1-2H3. The van der Waals surface area contributed by atoms with Crippen LogP contribution >= 0.6 is 15.9 Å². The third-order valence-corrected chi connectivity index (χ3v) is 4.14. The van der Waals surface area contributed by atoms with E-state index < -0.39 is 0 Å². The largest absolute Gasteiger partial charge is 0.466 e. The molecule has 0 bridgehead atoms. The highest BCUT2D eigenvalue weighted by Gasteiger charge is 2.26. The smallest absolute Gasteiger partial charge is 0.134 e. The fourth-order valence-electron chi connectivity index (χ4n) is 2.33. The summed E-state index contributed by atoms with van der Waals surface area (Å²) in [5.41, 5.74) is 6.21. The van der Waals surface area contributed by atoms with Crippen LogP contribution in [0.15, 0.2) is 21.2 Å². The summed E-state index contributed by atoms with van der Waals surface area (Å²) in [5.74, 6) is 0.853. The van der Waals surface area contributed by atoms with Crippen molar-refractivity contribution in [2.75, 3.05) is 33.7 Å². The molecule has 1 aliphatic heterocycles. The Bertz CT molecular complexity index is 368. The van der Waals surface area contributed by atoms with Gasteiger partial charge in [-0.25, -0.2) is 0 Å². The molecule has 5 heteroatoms. The molecule has 0 amide bonds. The monoisotopic (exact) mass is 301 g/mol. The lowest BCUT2D eigenvalue weighted by Crippen LogP contribution is -2.50. The summed E-state index contributed by atoms with van der Waals surface area (Å²) < 4.78 is 6.39. The minimum Gasteiger partial charge on any atom is -0.466 e. The van der Waals surface area contributed by atoms with Crippen LogP contribution in [-0.4, -0.2) is 49.6 Å². The third-order valence-electron chi connectivity index (χ3n) is 3.49. The predicted octanol–water partition coefficient (Wildman–Crippen LogP) is 1.68. The summed E-state index contributed by atoms with van der Waals surface area (Å²) >= 11 is 3.46. The Morgan fingerprint density at radius 3 is 2.94 bits per heavy atom. The van der Waals surface area contributed by atoms with Crippen molar-refractivity contribution in [3.8, 4) is 0 Å². The van der Waals surface area contributed by atoms with E-state index in [1.165, 1.54) is 0 Å². The number of halogens is 1. The van der Waals surface area contributed by atoms with E-state index in [-0.39, 0.29) is 6.04 Å². The molecule has 4 nitrogen and oxygen atoms in total. The molecule has 0 saturated carbocycles. The van der Waals surface area contributed by atoms with Crippen LogP contribution in [0.4, 0.5) is 0 Å². The molecule has 1 fully saturated rings. The number of likely N-dealkylation sites (N-methyl/N-ethyl adjacent to an activating group) is 2. The van der Waals surface area contributed by atoms with Crippen LogP contribution in [0.25, 0.3) is 0 Å². The highest BCUT2D eigenvalue weighted by atomic mass is 79.9. The summed E-state index contributed by atoms with van der Waals surface area (Å²) in [4.78, 5) is 4.74. The highest BCUT2D eigenvalue weighted by Crippen LogP contribution is 2.27. The molecule has 0 aliphatic carbocycles. The van der Waals surface area contributed by atoms with Crippen molar-refractivity contribution in [2.24, 2.45) is 5.73 Å². The number of furan rings is 1. The van der Waals surface area contributed by atoms with Crippen molar-refractivity contribution in [3.63, 3.8) is 0 Å². The Balaban J connectivity index is 1.98. The van der Waals surface area contributed by atoms with E-state index in [1.807, 2.05) is 6.07 Å². The van der Waals surface area contributed by atoms with Gasteiger partial charge >= 0.3 is 0 Å². The second-order valence-corrected chi connectivity index (χ2v) is 5.73. The summed E-state index contributed by atoms with van der Waals surface area (Å²) in [7, 11) is 4.33. The van der Waals surface area contributed by atoms with Crippen LogP contribution in [0.3, 0.4) is 0 Å². The van der Waals surface area contributed by atoms with Crippen LogP contribution in [0.2, 0.25) is 0 Å². The third kappa shape index (κ3) is 3.10. The number of hydrogen-bond acceptors (Lipinski definition) is 4. The highest BCUT2D eigenvalue weighted by molar-refractivity contribution is 9.10. The summed E-state index contributed by atoms with van der Waals surface area (Å²) in [6, 6.07) is 2.35. The topological polar surface area (TPSA) is 45.6 Å². The maximum atomic E-state index is 6.21. The van der Waals surface area contributed by atoms with Gasteiger partial charge in [-0.1, -0.05) is 0 Å². The zero-order valence-electron chi connectivity index (χ0n) is 10.4. The molecule has 96 valence electrons. The molecule has 2 atom stereocenters. The van der Waals surface area contributed by atoms with Crippen LogP contribution in [0.5, 0.6) is 0 Å². The van der Waals surface area contributed by atoms with Gasteiger partial charge in [0.25, 0.3) is 0 Å². The van der Waals surface area contributed by atoms with Gasteiger partial charge in [0.15, 0.2) is 0 Å². The van der Waals surface area contributed by atoms with Crippen molar-refractivity contribution >= 4 is 15.9 Å². The van der Waals surface area contributed by atoms with E-state index in [0.29, 0.717) is 6.04 Å². The molecule has 0 spiro atoms. The lowest BCUT2D eigenvalue weighted by molar-refractivity contribution is 0.102. The maximum absolute atomic E-state index is 6.21. The van der Waals surface area contributed by atoms with Gasteiger partial charge < -0.3 is 20.0 Å². The van der Waals surface area contributed by atoms with Gasteiger partial charge in [-0.15, -0.1) is 0 Å². The molecule has 1 aromatic rings. The number of nitrogens with two attached hydrogens (primary N) is 1. The van der Waals surface area contributed by atoms with E-state index in [9.17, 15) is 0 Å². The van der Waals surface area contributed by atoms with E-state index in [4.69, 9.17) is 10.2 Å². The van der Waals surface area contributed by atoms with Gasteiger partial charge in [0.05, 0.1) is 16.8 Å². The summed E-state index contributed by atoms with van der Waals surface area (Å²) in [6.07, 6.45) is 2.60. The Morgan fingerprint density at radius 1 is 1.53 bits per heavy atom. The molecule has 2 N–H and O–H groups in total. The van der Waals surface area contributed by atoms with Gasteiger partial charge in [0.2, 0.25) is 0 Å². The quantitative estimate of drug-likeness (QED) is 0.923. The fraction of sp³-hybridized carbons (Fsp3) is 0.667. The van der Waals surface area contributed by atoms with Gasteiger partial charge in [-0.2, -0.15) is 0 Å². The maximum Gasteiger partial charge on any atom is 0.134 e. The number of nitrogens with zero attached hydrogens (tertiary/aromatic N) is 2. The molecular formula is C12H20BrN3O. The average molecular weight is 302 g/mol. The lowest BCUT2D eigenvalue weighted by Gasteiger charge is -2.38. The SMILES string of the molecule is CN1CCN(C)C(CC(N)c2occc2Br)C1. The van der Waals surface area contributed by atoms with Crippen LogP contribution in [0, 0.1) is 0 Å². The van der Waals surface area contributed by atoms with Gasteiger partial charge in [0.1, 0.15) is 5.76 Å². The molecule has 17 heavy (non-hydrogen) atoms. The normalized spacial score (nSPS) is 25.1. The summed E-state index contributed by atoms with van der Waals surface area (Å²) in [6.45, 7) is 3.31. The first-order valence-corrected chi connectivity index (χ1v) is 6.74. The molecule has 2 rings (SSSR count). The first-order valence-electron chi connectivity index (χ1n) is 5.95. The molecule has 0 aromatic carbocycles. The van der Waals surface area contributed by atoms with Crippen molar-refractivity contribution in [1.29, 1.82) is 0 Å². The van der Waals surface area contributed by atoms with Crippen molar-refractivity contribution in [1.82, 2.24) is 9.80 Å². The molecule has 2 heterocycles. The van der Waals surface area contributed by atoms with E-state index >= 15 is 0 Å². The van der Waals surface area contributed by atoms with E-state index in [0.717, 1.165) is 36.3 Å². The molecule has 0 radical (unpaired) electrons. The second-order valence-electron chi connectivity index (χ2n) is 4.87. The Labute approximate surface area is 111 Å². The zero-order chi connectivity index (χ0) is 12.4. The Kier molecular flexibility index (Phi) is 4.25. The Hall–Kier alpha value is -0.360. The number of rotatable bonds is 3. The number of hydrogen-bond donors (Lipinski definition) is 1. The minimum absolute atomic E-state index is 0.0432. The average Bonchev–Trinajstić information content (AvgIpc) is 2.70. The minimum atomic E-state index is -0.0432. The van der Waals surface area contributed by atoms with Gasteiger partial charge in [-0.05, 0) is 42.5 Å². The van der Waals surface area contributed by atoms with E-state index in [2.05, 4.69) is 39.8 Å². The molecule has 1 aromatic heterocycles. The zero-order valence-corrected chi connectivity index (χ0v) is 12.0. The van der Waals surface area contributed by atoms with Crippen LogP contribution in [0.1, 0.15) is 18.2 Å². The first kappa shape index (κ1) is 13.1. The van der Waals surface area contributed by atoms with Gasteiger partial charge in [-0.3, -0.25) is 0 Å². The van der Waals surface area contributed by atoms with Gasteiger partial charge in [0, 0.05) is 25.7 Å². The lowest BCUT2D eigenvalue weighted by atomic mass is 10.0. The molecule has 1 saturated heterocycles. The van der Waals surface area contributed by atoms with Crippen LogP contribution in [-0.2, 0) is 0 Å².